The molecule has 1 fully saturated rings. The zero-order valence-corrected chi connectivity index (χ0v) is 12.7. The van der Waals surface area contributed by atoms with Crippen LogP contribution in [-0.2, 0) is 19.9 Å². The topological polar surface area (TPSA) is 76.0 Å². The summed E-state index contributed by atoms with van der Waals surface area (Å²) in [6.45, 7) is 0. The minimum absolute atomic E-state index is 0.0711. The Hall–Kier alpha value is -1.88. The summed E-state index contributed by atoms with van der Waals surface area (Å²) in [5.41, 5.74) is -0.338. The molecule has 2 bridgehead atoms. The van der Waals surface area contributed by atoms with Gasteiger partial charge >= 0.3 is 5.97 Å². The number of hydrogen-bond donors (Lipinski definition) is 1. The van der Waals surface area contributed by atoms with Crippen LogP contribution in [0.3, 0.4) is 0 Å². The molecule has 2 atom stereocenters. The van der Waals surface area contributed by atoms with Crippen LogP contribution in [0.2, 0.25) is 5.02 Å². The summed E-state index contributed by atoms with van der Waals surface area (Å²) < 4.78 is 5.60. The van der Waals surface area contributed by atoms with E-state index in [0.29, 0.717) is 29.3 Å². The Morgan fingerprint density at radius 1 is 1.45 bits per heavy atom. The molecular formula is C16H16ClNO4. The predicted octanol–water partition coefficient (Wildman–Crippen LogP) is 2.95. The first-order chi connectivity index (χ1) is 10.5. The first-order valence-corrected chi connectivity index (χ1v) is 7.67. The summed E-state index contributed by atoms with van der Waals surface area (Å²) in [7, 11) is 0. The third kappa shape index (κ3) is 2.50. The molecule has 0 radical (unpaired) electrons. The number of nitrogens with zero attached hydrogens (tertiary/aromatic N) is 1. The number of aliphatic imine (C=N–C) groups is 1. The second-order valence-corrected chi connectivity index (χ2v) is 6.01. The number of hydrogen-bond acceptors (Lipinski definition) is 4. The summed E-state index contributed by atoms with van der Waals surface area (Å²) in [4.78, 5) is 28.0. The molecule has 1 aromatic carbocycles. The van der Waals surface area contributed by atoms with Gasteiger partial charge in [0.05, 0.1) is 6.42 Å². The maximum absolute atomic E-state index is 12.8. The van der Waals surface area contributed by atoms with Crippen LogP contribution in [0.4, 0.5) is 0 Å². The molecule has 116 valence electrons. The maximum Gasteiger partial charge on any atom is 0.303 e. The Labute approximate surface area is 132 Å². The van der Waals surface area contributed by atoms with Crippen LogP contribution in [0.15, 0.2) is 29.3 Å². The fourth-order valence-electron chi connectivity index (χ4n) is 3.14. The molecule has 22 heavy (non-hydrogen) atoms. The van der Waals surface area contributed by atoms with Gasteiger partial charge in [-0.25, -0.2) is 4.99 Å². The molecule has 0 amide bonds. The summed E-state index contributed by atoms with van der Waals surface area (Å²) in [6, 6.07) is 7.19. The Bertz CT molecular complexity index is 657. The third-order valence-electron chi connectivity index (χ3n) is 4.17. The number of Topliss-reactive ketones (excluding diaryl/α,β-unsaturated/α-hetero) is 1. The molecule has 3 rings (SSSR count). The number of carbonyl (C=O) groups is 2. The van der Waals surface area contributed by atoms with Crippen molar-refractivity contribution >= 4 is 29.3 Å². The molecule has 1 heterocycles. The maximum atomic E-state index is 12.8. The number of carboxylic acids is 1. The standard InChI is InChI=1S/C16H16ClNO4/c17-11-5-2-1-4-10(11)16-9-3-6-12(15(16)21)22-13(18-16)7-8-14(19)20/h1-2,4-5,12H,3,6-9H2,(H,19,20)/t12-,16-/m1/s1. The normalized spacial score (nSPS) is 27.0. The van der Waals surface area contributed by atoms with Crippen molar-refractivity contribution in [2.75, 3.05) is 0 Å². The summed E-state index contributed by atoms with van der Waals surface area (Å²) in [5, 5.41) is 9.33. The largest absolute Gasteiger partial charge is 0.481 e. The molecule has 0 saturated heterocycles. The van der Waals surface area contributed by atoms with E-state index in [1.54, 1.807) is 6.07 Å². The fraction of sp³-hybridized carbons (Fsp3) is 0.438. The summed E-state index contributed by atoms with van der Waals surface area (Å²) in [5.74, 6) is -0.655. The number of aliphatic carboxylic acids is 1. The molecule has 6 heteroatoms. The average Bonchev–Trinajstić information content (AvgIpc) is 2.46. The van der Waals surface area contributed by atoms with Crippen molar-refractivity contribution < 1.29 is 19.4 Å². The smallest absolute Gasteiger partial charge is 0.303 e. The van der Waals surface area contributed by atoms with Crippen LogP contribution in [0.25, 0.3) is 0 Å². The van der Waals surface area contributed by atoms with Gasteiger partial charge in [-0.1, -0.05) is 29.8 Å². The highest BCUT2D eigenvalue weighted by Crippen LogP contribution is 2.44. The van der Waals surface area contributed by atoms with E-state index in [1.165, 1.54) is 0 Å². The second kappa shape index (κ2) is 5.72. The molecule has 2 aliphatic rings. The fourth-order valence-corrected chi connectivity index (χ4v) is 3.44. The number of halogens is 1. The van der Waals surface area contributed by atoms with Gasteiger partial charge in [0.25, 0.3) is 0 Å². The van der Waals surface area contributed by atoms with Crippen LogP contribution in [0, 0.1) is 0 Å². The number of fused-ring (bicyclic) bond motifs is 2. The van der Waals surface area contributed by atoms with Gasteiger partial charge in [-0.05, 0) is 25.3 Å². The highest BCUT2D eigenvalue weighted by Gasteiger charge is 2.51. The van der Waals surface area contributed by atoms with E-state index in [1.807, 2.05) is 18.2 Å². The molecule has 0 aromatic heterocycles. The average molecular weight is 322 g/mol. The van der Waals surface area contributed by atoms with Crippen LogP contribution < -0.4 is 0 Å². The number of benzene rings is 1. The van der Waals surface area contributed by atoms with Crippen LogP contribution >= 0.6 is 11.6 Å². The number of carbonyl (C=O) groups excluding carboxylic acids is 1. The minimum Gasteiger partial charge on any atom is -0.481 e. The van der Waals surface area contributed by atoms with Gasteiger partial charge < -0.3 is 9.84 Å². The number of ether oxygens (including phenoxy) is 1. The van der Waals surface area contributed by atoms with Gasteiger partial charge in [-0.2, -0.15) is 0 Å². The molecule has 1 aromatic rings. The van der Waals surface area contributed by atoms with Crippen LogP contribution in [0.5, 0.6) is 0 Å². The molecule has 0 spiro atoms. The molecule has 1 aliphatic heterocycles. The Morgan fingerprint density at radius 3 is 2.95 bits per heavy atom. The van der Waals surface area contributed by atoms with Crippen LogP contribution in [0.1, 0.15) is 37.7 Å². The van der Waals surface area contributed by atoms with Crippen LogP contribution in [-0.4, -0.2) is 28.9 Å². The first kappa shape index (κ1) is 15.0. The van der Waals surface area contributed by atoms with Crippen molar-refractivity contribution in [1.82, 2.24) is 0 Å². The van der Waals surface area contributed by atoms with E-state index in [4.69, 9.17) is 21.4 Å². The van der Waals surface area contributed by atoms with E-state index < -0.39 is 17.6 Å². The van der Waals surface area contributed by atoms with Crippen molar-refractivity contribution in [2.24, 2.45) is 4.99 Å². The monoisotopic (exact) mass is 321 g/mol. The number of carboxylic acid groups (broad SMARTS) is 1. The minimum atomic E-state index is -1.02. The van der Waals surface area contributed by atoms with Gasteiger partial charge in [0, 0.05) is 17.0 Å². The molecule has 1 N–H and O–H groups in total. The van der Waals surface area contributed by atoms with Crippen molar-refractivity contribution in [1.29, 1.82) is 0 Å². The predicted molar refractivity (Wildman–Crippen MR) is 81.2 cm³/mol. The van der Waals surface area contributed by atoms with E-state index in [-0.39, 0.29) is 18.6 Å². The first-order valence-electron chi connectivity index (χ1n) is 7.29. The van der Waals surface area contributed by atoms with Gasteiger partial charge in [0.1, 0.15) is 0 Å². The number of rotatable bonds is 4. The van der Waals surface area contributed by atoms with Gasteiger partial charge in [-0.15, -0.1) is 0 Å². The Morgan fingerprint density at radius 2 is 2.23 bits per heavy atom. The van der Waals surface area contributed by atoms with Crippen molar-refractivity contribution in [3.8, 4) is 0 Å². The van der Waals surface area contributed by atoms with Crippen molar-refractivity contribution in [2.45, 2.75) is 43.7 Å². The van der Waals surface area contributed by atoms with E-state index in [9.17, 15) is 9.59 Å². The van der Waals surface area contributed by atoms with Gasteiger partial charge in [0.15, 0.2) is 17.5 Å². The van der Waals surface area contributed by atoms with Gasteiger partial charge in [-0.3, -0.25) is 9.59 Å². The highest BCUT2D eigenvalue weighted by molar-refractivity contribution is 6.32. The lowest BCUT2D eigenvalue weighted by Gasteiger charge is -2.41. The summed E-state index contributed by atoms with van der Waals surface area (Å²) in [6.07, 6.45) is 1.59. The van der Waals surface area contributed by atoms with E-state index in [0.717, 1.165) is 6.42 Å². The van der Waals surface area contributed by atoms with E-state index >= 15 is 0 Å². The lowest BCUT2D eigenvalue weighted by atomic mass is 9.74. The Kier molecular flexibility index (Phi) is 3.91. The van der Waals surface area contributed by atoms with E-state index in [2.05, 4.69) is 4.99 Å². The SMILES string of the molecule is O=C(O)CCC1=N[C@@]2(c3ccccc3Cl)CCC[C@@H](O1)C2=O. The summed E-state index contributed by atoms with van der Waals surface area (Å²) >= 11 is 6.28. The van der Waals surface area contributed by atoms with Gasteiger partial charge in [0.2, 0.25) is 5.78 Å². The molecular weight excluding hydrogens is 306 g/mol. The lowest BCUT2D eigenvalue weighted by molar-refractivity contribution is -0.137. The molecule has 1 saturated carbocycles. The van der Waals surface area contributed by atoms with Crippen molar-refractivity contribution in [3.05, 3.63) is 34.9 Å². The highest BCUT2D eigenvalue weighted by atomic mass is 35.5. The Balaban J connectivity index is 2.04. The molecule has 5 nitrogen and oxygen atoms in total. The second-order valence-electron chi connectivity index (χ2n) is 5.60. The quantitative estimate of drug-likeness (QED) is 0.925. The molecule has 1 aliphatic carbocycles. The zero-order chi connectivity index (χ0) is 15.7. The lowest BCUT2D eigenvalue weighted by Crippen LogP contribution is -2.51. The zero-order valence-electron chi connectivity index (χ0n) is 11.9. The molecule has 0 unspecified atom stereocenters. The van der Waals surface area contributed by atoms with Crippen molar-refractivity contribution in [3.63, 3.8) is 0 Å². The number of ketones is 1. The third-order valence-corrected chi connectivity index (χ3v) is 4.50.